The first kappa shape index (κ1) is 21.0. The number of rotatable bonds is 8. The molecule has 0 bridgehead atoms. The van der Waals surface area contributed by atoms with Gasteiger partial charge >= 0.3 is 0 Å². The molecule has 156 valence electrons. The van der Waals surface area contributed by atoms with Crippen LogP contribution in [0.1, 0.15) is 24.7 Å². The molecule has 2 amide bonds. The Morgan fingerprint density at radius 2 is 1.79 bits per heavy atom. The zero-order chi connectivity index (χ0) is 20.6. The average molecular weight is 399 g/mol. The molecule has 0 radical (unpaired) electrons. The van der Waals surface area contributed by atoms with Gasteiger partial charge in [-0.1, -0.05) is 30.3 Å². The molecule has 1 fully saturated rings. The maximum Gasteiger partial charge on any atom is 0.238 e. The van der Waals surface area contributed by atoms with Gasteiger partial charge in [0.05, 0.1) is 6.54 Å². The number of piperazine rings is 1. The smallest absolute Gasteiger partial charge is 0.238 e. The summed E-state index contributed by atoms with van der Waals surface area (Å²) in [4.78, 5) is 28.8. The molecule has 0 saturated carbocycles. The average Bonchev–Trinajstić information content (AvgIpc) is 3.12. The van der Waals surface area contributed by atoms with Crippen molar-refractivity contribution in [2.75, 3.05) is 49.9 Å². The lowest BCUT2D eigenvalue weighted by Crippen LogP contribution is -2.49. The van der Waals surface area contributed by atoms with E-state index in [1.165, 1.54) is 0 Å². The fraction of sp³-hybridized carbons (Fsp3) is 0.476. The van der Waals surface area contributed by atoms with Crippen molar-refractivity contribution in [2.24, 2.45) is 0 Å². The van der Waals surface area contributed by atoms with Crippen LogP contribution in [0.2, 0.25) is 0 Å². The van der Waals surface area contributed by atoms with E-state index < -0.39 is 0 Å². The van der Waals surface area contributed by atoms with Gasteiger partial charge in [0, 0.05) is 50.9 Å². The van der Waals surface area contributed by atoms with Gasteiger partial charge in [0.25, 0.3) is 0 Å². The molecule has 0 spiro atoms. The van der Waals surface area contributed by atoms with Crippen molar-refractivity contribution in [1.82, 2.24) is 15.0 Å². The summed E-state index contributed by atoms with van der Waals surface area (Å²) in [6.45, 7) is 8.25. The molecule has 1 saturated heterocycles. The van der Waals surface area contributed by atoms with Gasteiger partial charge in [0.15, 0.2) is 5.82 Å². The highest BCUT2D eigenvalue weighted by atomic mass is 16.5. The molecule has 1 aliphatic rings. The third-order valence-corrected chi connectivity index (χ3v) is 5.06. The number of benzene rings is 1. The molecular formula is C21H29N5O3. The Morgan fingerprint density at radius 3 is 2.48 bits per heavy atom. The van der Waals surface area contributed by atoms with Crippen LogP contribution < -0.4 is 10.6 Å². The molecule has 1 aromatic carbocycles. The molecule has 2 heterocycles. The van der Waals surface area contributed by atoms with Crippen molar-refractivity contribution >= 4 is 23.3 Å². The summed E-state index contributed by atoms with van der Waals surface area (Å²) in [6, 6.07) is 9.60. The Balaban J connectivity index is 1.35. The third kappa shape index (κ3) is 6.40. The van der Waals surface area contributed by atoms with E-state index in [0.717, 1.165) is 43.9 Å². The van der Waals surface area contributed by atoms with Crippen LogP contribution in [0.15, 0.2) is 34.9 Å². The number of para-hydroxylation sites is 1. The number of nitrogens with zero attached hydrogens (tertiary/aromatic N) is 3. The van der Waals surface area contributed by atoms with Crippen LogP contribution in [0.5, 0.6) is 0 Å². The molecule has 29 heavy (non-hydrogen) atoms. The highest BCUT2D eigenvalue weighted by Gasteiger charge is 2.20. The van der Waals surface area contributed by atoms with E-state index in [4.69, 9.17) is 4.52 Å². The predicted octanol–water partition coefficient (Wildman–Crippen LogP) is 2.13. The van der Waals surface area contributed by atoms with Gasteiger partial charge in [-0.15, -0.1) is 0 Å². The Hall–Kier alpha value is -2.71. The lowest BCUT2D eigenvalue weighted by molar-refractivity contribution is -0.117. The van der Waals surface area contributed by atoms with Gasteiger partial charge in [-0.25, -0.2) is 0 Å². The van der Waals surface area contributed by atoms with Crippen LogP contribution in [-0.2, 0) is 16.0 Å². The summed E-state index contributed by atoms with van der Waals surface area (Å²) < 4.78 is 4.94. The fourth-order valence-electron chi connectivity index (χ4n) is 3.40. The number of carbonyl (C=O) groups excluding carboxylic acids is 2. The quantitative estimate of drug-likeness (QED) is 0.707. The molecule has 1 aromatic heterocycles. The Morgan fingerprint density at radius 1 is 1.07 bits per heavy atom. The van der Waals surface area contributed by atoms with E-state index in [9.17, 15) is 9.59 Å². The van der Waals surface area contributed by atoms with Crippen LogP contribution in [0.4, 0.5) is 11.5 Å². The summed E-state index contributed by atoms with van der Waals surface area (Å²) >= 11 is 0. The number of carbonyl (C=O) groups is 2. The van der Waals surface area contributed by atoms with Crippen molar-refractivity contribution < 1.29 is 14.1 Å². The van der Waals surface area contributed by atoms with E-state index in [0.29, 0.717) is 31.1 Å². The van der Waals surface area contributed by atoms with E-state index in [-0.39, 0.29) is 11.8 Å². The minimum Gasteiger partial charge on any atom is -0.360 e. The minimum atomic E-state index is -0.0744. The number of hydrogen-bond donors (Lipinski definition) is 2. The van der Waals surface area contributed by atoms with E-state index in [1.54, 1.807) is 13.0 Å². The lowest BCUT2D eigenvalue weighted by Gasteiger charge is -2.34. The normalized spacial score (nSPS) is 15.2. The Kier molecular flexibility index (Phi) is 7.37. The minimum absolute atomic E-state index is 0.0154. The maximum atomic E-state index is 12.4. The van der Waals surface area contributed by atoms with Crippen molar-refractivity contribution in [3.63, 3.8) is 0 Å². The summed E-state index contributed by atoms with van der Waals surface area (Å²) in [5.41, 5.74) is 2.04. The van der Waals surface area contributed by atoms with Gasteiger partial charge in [0.2, 0.25) is 11.8 Å². The van der Waals surface area contributed by atoms with Crippen LogP contribution >= 0.6 is 0 Å². The number of anilines is 2. The second-order valence-electron chi connectivity index (χ2n) is 7.30. The van der Waals surface area contributed by atoms with Crippen LogP contribution in [0.3, 0.4) is 0 Å². The number of aromatic nitrogens is 1. The van der Waals surface area contributed by atoms with Crippen LogP contribution in [0.25, 0.3) is 0 Å². The highest BCUT2D eigenvalue weighted by Crippen LogP contribution is 2.15. The topological polar surface area (TPSA) is 90.7 Å². The van der Waals surface area contributed by atoms with Gasteiger partial charge in [-0.2, -0.15) is 0 Å². The molecule has 8 nitrogen and oxygen atoms in total. The lowest BCUT2D eigenvalue weighted by atomic mass is 10.1. The Bertz CT molecular complexity index is 827. The zero-order valence-electron chi connectivity index (χ0n) is 17.1. The number of aryl methyl sites for hydroxylation is 2. The van der Waals surface area contributed by atoms with Crippen molar-refractivity contribution in [1.29, 1.82) is 0 Å². The molecule has 0 unspecified atom stereocenters. The molecule has 0 aliphatic carbocycles. The second kappa shape index (κ2) is 10.2. The Labute approximate surface area is 171 Å². The monoisotopic (exact) mass is 399 g/mol. The molecular weight excluding hydrogens is 370 g/mol. The van der Waals surface area contributed by atoms with Crippen molar-refractivity contribution in [3.8, 4) is 0 Å². The SMILES string of the molecule is CCc1ccccc1NC(=O)CN1CCN(CCC(=O)Nc2cc(C)on2)CC1. The highest BCUT2D eigenvalue weighted by molar-refractivity contribution is 5.93. The van der Waals surface area contributed by atoms with Crippen molar-refractivity contribution in [3.05, 3.63) is 41.7 Å². The first-order valence-electron chi connectivity index (χ1n) is 10.1. The van der Waals surface area contributed by atoms with E-state index in [2.05, 4.69) is 32.5 Å². The first-order valence-corrected chi connectivity index (χ1v) is 10.1. The summed E-state index contributed by atoms with van der Waals surface area (Å²) in [6.07, 6.45) is 1.29. The number of nitrogens with one attached hydrogen (secondary N) is 2. The van der Waals surface area contributed by atoms with Gasteiger partial charge < -0.3 is 20.1 Å². The summed E-state index contributed by atoms with van der Waals surface area (Å²) in [7, 11) is 0. The largest absolute Gasteiger partial charge is 0.360 e. The molecule has 1 aliphatic heterocycles. The molecule has 0 atom stereocenters. The first-order chi connectivity index (χ1) is 14.0. The summed E-state index contributed by atoms with van der Waals surface area (Å²) in [5, 5.41) is 9.52. The number of hydrogen-bond acceptors (Lipinski definition) is 6. The van der Waals surface area contributed by atoms with E-state index >= 15 is 0 Å². The maximum absolute atomic E-state index is 12.4. The zero-order valence-corrected chi connectivity index (χ0v) is 17.1. The standard InChI is InChI=1S/C21H29N5O3/c1-3-17-6-4-5-7-18(17)22-21(28)15-26-12-10-25(11-13-26)9-8-20(27)23-19-14-16(2)29-24-19/h4-7,14H,3,8-13,15H2,1-2H3,(H,22,28)(H,23,24,27). The number of amides is 2. The fourth-order valence-corrected chi connectivity index (χ4v) is 3.40. The van der Waals surface area contributed by atoms with Gasteiger partial charge in [0.1, 0.15) is 5.76 Å². The van der Waals surface area contributed by atoms with Crippen LogP contribution in [0, 0.1) is 6.92 Å². The summed E-state index contributed by atoms with van der Waals surface area (Å²) in [5.74, 6) is 1.06. The van der Waals surface area contributed by atoms with Crippen molar-refractivity contribution in [2.45, 2.75) is 26.7 Å². The van der Waals surface area contributed by atoms with Gasteiger partial charge in [-0.3, -0.25) is 14.5 Å². The van der Waals surface area contributed by atoms with Gasteiger partial charge in [-0.05, 0) is 25.0 Å². The second-order valence-corrected chi connectivity index (χ2v) is 7.30. The van der Waals surface area contributed by atoms with Crippen LogP contribution in [-0.4, -0.2) is 66.0 Å². The molecule has 8 heteroatoms. The van der Waals surface area contributed by atoms with E-state index in [1.807, 2.05) is 24.3 Å². The third-order valence-electron chi connectivity index (χ3n) is 5.06. The predicted molar refractivity (Wildman–Crippen MR) is 112 cm³/mol. The molecule has 3 rings (SSSR count). The molecule has 2 aromatic rings. The molecule has 2 N–H and O–H groups in total.